The predicted molar refractivity (Wildman–Crippen MR) is 87.1 cm³/mol. The zero-order valence-electron chi connectivity index (χ0n) is 12.7. The molecule has 0 spiro atoms. The van der Waals surface area contributed by atoms with E-state index in [2.05, 4.69) is 20.4 Å². The van der Waals surface area contributed by atoms with Gasteiger partial charge < -0.3 is 11.1 Å². The molecule has 3 N–H and O–H groups in total. The third kappa shape index (κ3) is 3.61. The van der Waals surface area contributed by atoms with Gasteiger partial charge in [-0.2, -0.15) is 5.10 Å². The van der Waals surface area contributed by atoms with Gasteiger partial charge in [0.1, 0.15) is 0 Å². The number of carbonyl (C=O) groups excluding carboxylic acids is 1. The lowest BCUT2D eigenvalue weighted by Gasteiger charge is -2.28. The van der Waals surface area contributed by atoms with Crippen LogP contribution in [-0.2, 0) is 4.79 Å². The van der Waals surface area contributed by atoms with Gasteiger partial charge in [-0.3, -0.25) is 4.79 Å². The SMILES string of the molecule is CCC(CC)(CN)C(=O)Nc1cnn(-c2ncccn2)c1.Cl. The second-order valence-corrected chi connectivity index (χ2v) is 4.87. The zero-order chi connectivity index (χ0) is 15.3. The van der Waals surface area contributed by atoms with Crippen molar-refractivity contribution >= 4 is 24.0 Å². The summed E-state index contributed by atoms with van der Waals surface area (Å²) in [6.45, 7) is 4.26. The average Bonchev–Trinajstić information content (AvgIpc) is 2.99. The van der Waals surface area contributed by atoms with Crippen LogP contribution in [0.1, 0.15) is 26.7 Å². The van der Waals surface area contributed by atoms with Gasteiger partial charge in [0.15, 0.2) is 0 Å². The average molecular weight is 325 g/mol. The fourth-order valence-electron chi connectivity index (χ4n) is 2.12. The number of amides is 1. The molecule has 0 saturated heterocycles. The van der Waals surface area contributed by atoms with Gasteiger partial charge in [-0.15, -0.1) is 12.4 Å². The van der Waals surface area contributed by atoms with E-state index in [1.54, 1.807) is 30.9 Å². The van der Waals surface area contributed by atoms with Crippen LogP contribution in [0.25, 0.3) is 5.95 Å². The fraction of sp³-hybridized carbons (Fsp3) is 0.429. The first-order valence-corrected chi connectivity index (χ1v) is 6.98. The standard InChI is InChI=1S/C14H20N6O.ClH/c1-3-14(4-2,10-15)12(21)19-11-8-18-20(9-11)13-16-6-5-7-17-13;/h5-9H,3-4,10,15H2,1-2H3,(H,19,21);1H. The molecule has 0 radical (unpaired) electrons. The predicted octanol–water partition coefficient (Wildman–Crippen LogP) is 1.79. The maximum absolute atomic E-state index is 12.4. The van der Waals surface area contributed by atoms with Crippen molar-refractivity contribution < 1.29 is 4.79 Å². The van der Waals surface area contributed by atoms with Crippen LogP contribution in [0, 0.1) is 5.41 Å². The van der Waals surface area contributed by atoms with Crippen LogP contribution in [0.3, 0.4) is 0 Å². The molecule has 0 saturated carbocycles. The Hall–Kier alpha value is -1.99. The minimum Gasteiger partial charge on any atom is -0.329 e. The van der Waals surface area contributed by atoms with E-state index in [1.165, 1.54) is 4.68 Å². The Morgan fingerprint density at radius 3 is 2.50 bits per heavy atom. The van der Waals surface area contributed by atoms with Crippen molar-refractivity contribution in [2.75, 3.05) is 11.9 Å². The lowest BCUT2D eigenvalue weighted by atomic mass is 9.81. The normalized spacial score (nSPS) is 10.9. The van der Waals surface area contributed by atoms with Crippen LogP contribution in [0.15, 0.2) is 30.9 Å². The number of rotatable bonds is 6. The zero-order valence-corrected chi connectivity index (χ0v) is 13.5. The van der Waals surface area contributed by atoms with E-state index in [-0.39, 0.29) is 18.3 Å². The highest BCUT2D eigenvalue weighted by Gasteiger charge is 2.33. The van der Waals surface area contributed by atoms with Gasteiger partial charge in [0.2, 0.25) is 11.9 Å². The Balaban J connectivity index is 0.00000242. The van der Waals surface area contributed by atoms with Gasteiger partial charge >= 0.3 is 0 Å². The first kappa shape index (κ1) is 18.1. The third-order valence-electron chi connectivity index (χ3n) is 3.82. The first-order chi connectivity index (χ1) is 10.1. The Kier molecular flexibility index (Phi) is 6.45. The molecular weight excluding hydrogens is 304 g/mol. The Labute approximate surface area is 135 Å². The van der Waals surface area contributed by atoms with E-state index in [4.69, 9.17) is 5.73 Å². The summed E-state index contributed by atoms with van der Waals surface area (Å²) >= 11 is 0. The van der Waals surface area contributed by atoms with Gasteiger partial charge in [0.25, 0.3) is 0 Å². The van der Waals surface area contributed by atoms with Gasteiger partial charge in [-0.25, -0.2) is 14.6 Å². The highest BCUT2D eigenvalue weighted by molar-refractivity contribution is 5.95. The van der Waals surface area contributed by atoms with Crippen LogP contribution >= 0.6 is 12.4 Å². The summed E-state index contributed by atoms with van der Waals surface area (Å²) in [6.07, 6.45) is 7.91. The smallest absolute Gasteiger partial charge is 0.250 e. The van der Waals surface area contributed by atoms with E-state index in [0.29, 0.717) is 31.0 Å². The summed E-state index contributed by atoms with van der Waals surface area (Å²) in [5, 5.41) is 7.01. The highest BCUT2D eigenvalue weighted by atomic mass is 35.5. The van der Waals surface area contributed by atoms with Crippen LogP contribution in [0.4, 0.5) is 5.69 Å². The van der Waals surface area contributed by atoms with Crippen LogP contribution in [0.5, 0.6) is 0 Å². The monoisotopic (exact) mass is 324 g/mol. The van der Waals surface area contributed by atoms with Crippen molar-refractivity contribution in [2.45, 2.75) is 26.7 Å². The van der Waals surface area contributed by atoms with E-state index in [9.17, 15) is 4.79 Å². The molecule has 2 aromatic heterocycles. The minimum absolute atomic E-state index is 0. The van der Waals surface area contributed by atoms with Crippen molar-refractivity contribution in [3.8, 4) is 5.95 Å². The highest BCUT2D eigenvalue weighted by Crippen LogP contribution is 2.26. The van der Waals surface area contributed by atoms with E-state index < -0.39 is 5.41 Å². The molecule has 2 heterocycles. The molecular formula is C14H21ClN6O. The van der Waals surface area contributed by atoms with Gasteiger partial charge in [-0.1, -0.05) is 13.8 Å². The summed E-state index contributed by atoms with van der Waals surface area (Å²) in [5.74, 6) is 0.373. The molecule has 0 fully saturated rings. The van der Waals surface area contributed by atoms with Gasteiger partial charge in [0.05, 0.1) is 23.5 Å². The molecule has 0 aliphatic carbocycles. The molecule has 120 valence electrons. The van der Waals surface area contributed by atoms with Crippen molar-refractivity contribution in [1.29, 1.82) is 0 Å². The van der Waals surface area contributed by atoms with Crippen molar-refractivity contribution in [2.24, 2.45) is 11.1 Å². The fourth-order valence-corrected chi connectivity index (χ4v) is 2.12. The number of halogens is 1. The van der Waals surface area contributed by atoms with E-state index in [0.717, 1.165) is 0 Å². The van der Waals surface area contributed by atoms with Crippen LogP contribution in [-0.4, -0.2) is 32.2 Å². The van der Waals surface area contributed by atoms with Crippen molar-refractivity contribution in [3.05, 3.63) is 30.9 Å². The topological polar surface area (TPSA) is 98.7 Å². The van der Waals surface area contributed by atoms with Crippen LogP contribution in [0.2, 0.25) is 0 Å². The second kappa shape index (κ2) is 7.86. The van der Waals surface area contributed by atoms with E-state index in [1.807, 2.05) is 13.8 Å². The molecule has 0 bridgehead atoms. The minimum atomic E-state index is -0.536. The summed E-state index contributed by atoms with van der Waals surface area (Å²) in [5.41, 5.74) is 5.85. The maximum Gasteiger partial charge on any atom is 0.250 e. The summed E-state index contributed by atoms with van der Waals surface area (Å²) in [6, 6.07) is 1.73. The molecule has 0 unspecified atom stereocenters. The van der Waals surface area contributed by atoms with Crippen LogP contribution < -0.4 is 11.1 Å². The molecule has 2 rings (SSSR count). The lowest BCUT2D eigenvalue weighted by molar-refractivity contribution is -0.125. The summed E-state index contributed by atoms with van der Waals surface area (Å²) < 4.78 is 1.51. The molecule has 8 heteroatoms. The quantitative estimate of drug-likeness (QED) is 0.844. The number of anilines is 1. The molecule has 0 atom stereocenters. The molecule has 0 aromatic carbocycles. The number of nitrogens with one attached hydrogen (secondary N) is 1. The summed E-state index contributed by atoms with van der Waals surface area (Å²) in [7, 11) is 0. The Bertz CT molecular complexity index is 588. The maximum atomic E-state index is 12.4. The number of hydrogen-bond acceptors (Lipinski definition) is 5. The third-order valence-corrected chi connectivity index (χ3v) is 3.82. The number of hydrogen-bond donors (Lipinski definition) is 2. The number of carbonyl (C=O) groups is 1. The Morgan fingerprint density at radius 1 is 1.32 bits per heavy atom. The second-order valence-electron chi connectivity index (χ2n) is 4.87. The molecule has 2 aromatic rings. The number of nitrogens with two attached hydrogens (primary N) is 1. The molecule has 0 aliphatic heterocycles. The van der Waals surface area contributed by atoms with Gasteiger partial charge in [-0.05, 0) is 18.9 Å². The van der Waals surface area contributed by atoms with Crippen molar-refractivity contribution in [1.82, 2.24) is 19.7 Å². The summed E-state index contributed by atoms with van der Waals surface area (Å²) in [4.78, 5) is 20.6. The number of aromatic nitrogens is 4. The molecule has 7 nitrogen and oxygen atoms in total. The molecule has 22 heavy (non-hydrogen) atoms. The molecule has 0 aliphatic rings. The lowest BCUT2D eigenvalue weighted by Crippen LogP contribution is -2.41. The Morgan fingerprint density at radius 2 is 1.95 bits per heavy atom. The first-order valence-electron chi connectivity index (χ1n) is 6.98. The van der Waals surface area contributed by atoms with E-state index >= 15 is 0 Å². The van der Waals surface area contributed by atoms with Crippen molar-refractivity contribution in [3.63, 3.8) is 0 Å². The van der Waals surface area contributed by atoms with Gasteiger partial charge in [0, 0.05) is 18.9 Å². The number of nitrogens with zero attached hydrogens (tertiary/aromatic N) is 4. The molecule has 1 amide bonds. The largest absolute Gasteiger partial charge is 0.329 e.